The fraction of sp³-hybridized carbons (Fsp3) is 0.650. The Hall–Kier alpha value is -1.39. The van der Waals surface area contributed by atoms with Gasteiger partial charge in [0.2, 0.25) is 0 Å². The number of hydrogen-bond acceptors (Lipinski definition) is 4. The maximum absolute atomic E-state index is 11.5. The van der Waals surface area contributed by atoms with Crippen molar-refractivity contribution in [2.45, 2.75) is 59.1 Å². The molecule has 1 aliphatic rings. The van der Waals surface area contributed by atoms with E-state index in [0.29, 0.717) is 19.2 Å². The van der Waals surface area contributed by atoms with Crippen LogP contribution < -0.4 is 5.32 Å². The average Bonchev–Trinajstić information content (AvgIpc) is 3.15. The number of carbonyl (C=O) groups is 1. The van der Waals surface area contributed by atoms with Gasteiger partial charge < -0.3 is 15.0 Å². The zero-order chi connectivity index (χ0) is 17.6. The molecule has 0 saturated heterocycles. The van der Waals surface area contributed by atoms with Gasteiger partial charge in [-0.2, -0.15) is 0 Å². The number of carbonyl (C=O) groups excluding carboxylic acids is 1. The van der Waals surface area contributed by atoms with Crippen LogP contribution in [0.25, 0.3) is 0 Å². The van der Waals surface area contributed by atoms with Gasteiger partial charge in [0.05, 0.1) is 6.54 Å². The van der Waals surface area contributed by atoms with Crippen molar-refractivity contribution in [1.82, 2.24) is 10.2 Å². The van der Waals surface area contributed by atoms with Crippen LogP contribution in [0, 0.1) is 0 Å². The standard InChI is InChI=1S/C14H19NO2.C6H15N/c16-14(10-15-13-8-4-5-9-13)17-11-12-6-2-1-3-7-12;1-4-7(5-2)6-3/h1-3,6-7,13,15H,4-5,8-11H2;4-6H2,1-3H3. The first-order chi connectivity index (χ1) is 11.7. The Kier molecular flexibility index (Phi) is 11.2. The molecular weight excluding hydrogens is 300 g/mol. The molecule has 24 heavy (non-hydrogen) atoms. The molecule has 4 heteroatoms. The molecule has 0 unspecified atom stereocenters. The maximum atomic E-state index is 11.5. The predicted octanol–water partition coefficient (Wildman–Crippen LogP) is 3.61. The lowest BCUT2D eigenvalue weighted by molar-refractivity contribution is -0.144. The molecule has 0 atom stereocenters. The Morgan fingerprint density at radius 1 is 1.08 bits per heavy atom. The van der Waals surface area contributed by atoms with Crippen molar-refractivity contribution < 1.29 is 9.53 Å². The first-order valence-corrected chi connectivity index (χ1v) is 9.34. The number of nitrogens with one attached hydrogen (secondary N) is 1. The third-order valence-electron chi connectivity index (χ3n) is 4.47. The molecule has 4 nitrogen and oxygen atoms in total. The summed E-state index contributed by atoms with van der Waals surface area (Å²) in [6.45, 7) is 10.8. The smallest absolute Gasteiger partial charge is 0.320 e. The van der Waals surface area contributed by atoms with E-state index < -0.39 is 0 Å². The molecule has 0 aromatic heterocycles. The Labute approximate surface area is 147 Å². The first-order valence-electron chi connectivity index (χ1n) is 9.34. The summed E-state index contributed by atoms with van der Waals surface area (Å²) in [5, 5.41) is 3.24. The summed E-state index contributed by atoms with van der Waals surface area (Å²) in [4.78, 5) is 13.9. The zero-order valence-corrected chi connectivity index (χ0v) is 15.6. The van der Waals surface area contributed by atoms with Crippen molar-refractivity contribution in [1.29, 1.82) is 0 Å². The summed E-state index contributed by atoms with van der Waals surface area (Å²) in [5.41, 5.74) is 1.03. The van der Waals surface area contributed by atoms with E-state index in [0.717, 1.165) is 5.56 Å². The number of esters is 1. The summed E-state index contributed by atoms with van der Waals surface area (Å²) in [6.07, 6.45) is 4.92. The highest BCUT2D eigenvalue weighted by atomic mass is 16.5. The van der Waals surface area contributed by atoms with Gasteiger partial charge in [0, 0.05) is 6.04 Å². The van der Waals surface area contributed by atoms with Gasteiger partial charge in [0.1, 0.15) is 6.61 Å². The minimum atomic E-state index is -0.166. The lowest BCUT2D eigenvalue weighted by atomic mass is 10.2. The van der Waals surface area contributed by atoms with Gasteiger partial charge in [-0.1, -0.05) is 63.9 Å². The van der Waals surface area contributed by atoms with Crippen LogP contribution in [0.4, 0.5) is 0 Å². The lowest BCUT2D eigenvalue weighted by Crippen LogP contribution is -2.32. The molecule has 1 fully saturated rings. The SMILES string of the molecule is CCN(CC)CC.O=C(CNC1CCCC1)OCc1ccccc1. The number of benzene rings is 1. The lowest BCUT2D eigenvalue weighted by Gasteiger charge is -2.13. The molecule has 2 rings (SSSR count). The molecule has 0 heterocycles. The van der Waals surface area contributed by atoms with E-state index in [1.807, 2.05) is 30.3 Å². The molecule has 0 spiro atoms. The Morgan fingerprint density at radius 3 is 2.17 bits per heavy atom. The molecule has 0 aliphatic heterocycles. The summed E-state index contributed by atoms with van der Waals surface area (Å²) in [7, 11) is 0. The highest BCUT2D eigenvalue weighted by Gasteiger charge is 2.15. The number of rotatable bonds is 8. The maximum Gasteiger partial charge on any atom is 0.320 e. The van der Waals surface area contributed by atoms with Crippen LogP contribution in [0.3, 0.4) is 0 Å². The molecule has 0 bridgehead atoms. The Bertz CT molecular complexity index is 421. The molecule has 136 valence electrons. The highest BCUT2D eigenvalue weighted by Crippen LogP contribution is 2.17. The molecule has 0 amide bonds. The second-order valence-corrected chi connectivity index (χ2v) is 6.13. The van der Waals surface area contributed by atoms with Crippen molar-refractivity contribution >= 4 is 5.97 Å². The third-order valence-corrected chi connectivity index (χ3v) is 4.47. The van der Waals surface area contributed by atoms with Crippen molar-refractivity contribution in [3.63, 3.8) is 0 Å². The monoisotopic (exact) mass is 334 g/mol. The zero-order valence-electron chi connectivity index (χ0n) is 15.6. The number of nitrogens with zero attached hydrogens (tertiary/aromatic N) is 1. The van der Waals surface area contributed by atoms with Gasteiger partial charge in [-0.3, -0.25) is 4.79 Å². The van der Waals surface area contributed by atoms with Crippen molar-refractivity contribution in [3.8, 4) is 0 Å². The van der Waals surface area contributed by atoms with Gasteiger partial charge in [0.15, 0.2) is 0 Å². The molecular formula is C20H34N2O2. The second kappa shape index (κ2) is 13.0. The Balaban J connectivity index is 0.000000351. The van der Waals surface area contributed by atoms with Crippen LogP contribution in [-0.4, -0.2) is 43.1 Å². The topological polar surface area (TPSA) is 41.6 Å². The minimum Gasteiger partial charge on any atom is -0.460 e. The van der Waals surface area contributed by atoms with E-state index in [1.54, 1.807) is 0 Å². The van der Waals surface area contributed by atoms with E-state index in [9.17, 15) is 4.79 Å². The molecule has 1 N–H and O–H groups in total. The van der Waals surface area contributed by atoms with E-state index in [-0.39, 0.29) is 5.97 Å². The van der Waals surface area contributed by atoms with Gasteiger partial charge >= 0.3 is 5.97 Å². The van der Waals surface area contributed by atoms with E-state index in [2.05, 4.69) is 31.0 Å². The molecule has 0 radical (unpaired) electrons. The van der Waals surface area contributed by atoms with Crippen molar-refractivity contribution in [2.24, 2.45) is 0 Å². The largest absolute Gasteiger partial charge is 0.460 e. The van der Waals surface area contributed by atoms with Crippen molar-refractivity contribution in [3.05, 3.63) is 35.9 Å². The highest BCUT2D eigenvalue weighted by molar-refractivity contribution is 5.71. The summed E-state index contributed by atoms with van der Waals surface area (Å²) >= 11 is 0. The summed E-state index contributed by atoms with van der Waals surface area (Å²) in [5.74, 6) is -0.166. The average molecular weight is 335 g/mol. The third kappa shape index (κ3) is 9.04. The number of hydrogen-bond donors (Lipinski definition) is 1. The molecule has 1 saturated carbocycles. The molecule has 1 aromatic carbocycles. The fourth-order valence-electron chi connectivity index (χ4n) is 2.82. The first kappa shape index (κ1) is 20.7. The van der Waals surface area contributed by atoms with Crippen LogP contribution in [0.1, 0.15) is 52.0 Å². The van der Waals surface area contributed by atoms with Crippen LogP contribution in [-0.2, 0) is 16.1 Å². The van der Waals surface area contributed by atoms with Crippen LogP contribution in [0.2, 0.25) is 0 Å². The second-order valence-electron chi connectivity index (χ2n) is 6.13. The number of ether oxygens (including phenoxy) is 1. The fourth-order valence-corrected chi connectivity index (χ4v) is 2.82. The van der Waals surface area contributed by atoms with Gasteiger partial charge in [-0.15, -0.1) is 0 Å². The van der Waals surface area contributed by atoms with Gasteiger partial charge in [-0.25, -0.2) is 0 Å². The molecule has 1 aliphatic carbocycles. The van der Waals surface area contributed by atoms with E-state index in [1.165, 1.54) is 45.3 Å². The van der Waals surface area contributed by atoms with E-state index in [4.69, 9.17) is 4.74 Å². The normalized spacial score (nSPS) is 14.3. The van der Waals surface area contributed by atoms with Crippen LogP contribution in [0.15, 0.2) is 30.3 Å². The summed E-state index contributed by atoms with van der Waals surface area (Å²) in [6, 6.07) is 10.3. The Morgan fingerprint density at radius 2 is 1.67 bits per heavy atom. The van der Waals surface area contributed by atoms with Gasteiger partial charge in [0.25, 0.3) is 0 Å². The van der Waals surface area contributed by atoms with Crippen LogP contribution >= 0.6 is 0 Å². The minimum absolute atomic E-state index is 0.166. The quantitative estimate of drug-likeness (QED) is 0.738. The summed E-state index contributed by atoms with van der Waals surface area (Å²) < 4.78 is 5.19. The van der Waals surface area contributed by atoms with E-state index >= 15 is 0 Å². The van der Waals surface area contributed by atoms with Crippen LogP contribution in [0.5, 0.6) is 0 Å². The predicted molar refractivity (Wildman–Crippen MR) is 100.0 cm³/mol. The van der Waals surface area contributed by atoms with Gasteiger partial charge in [-0.05, 0) is 38.0 Å². The molecule has 1 aromatic rings. The van der Waals surface area contributed by atoms with Crippen molar-refractivity contribution in [2.75, 3.05) is 26.2 Å².